The van der Waals surface area contributed by atoms with Crippen LogP contribution in [0.5, 0.6) is 0 Å². The van der Waals surface area contributed by atoms with Crippen LogP contribution in [0.3, 0.4) is 0 Å². The number of unbranched alkanes of at least 4 members (excludes halogenated alkanes) is 6. The number of carbonyl (C=O) groups excluding carboxylic acids is 1. The fraction of sp³-hybridized carbons (Fsp3) is 0.947. The molecule has 1 atom stereocenters. The molecule has 1 rings (SSSR count). The van der Waals surface area contributed by atoms with Gasteiger partial charge >= 0.3 is 5.97 Å². The molecular formula is C19H36O5. The van der Waals surface area contributed by atoms with Gasteiger partial charge in [-0.05, 0) is 25.7 Å². The van der Waals surface area contributed by atoms with E-state index in [1.54, 1.807) is 0 Å². The molecule has 0 saturated carbocycles. The van der Waals surface area contributed by atoms with Crippen LogP contribution in [0, 0.1) is 0 Å². The molecule has 0 aromatic rings. The summed E-state index contributed by atoms with van der Waals surface area (Å²) in [6, 6.07) is 0. The minimum atomic E-state index is -0.112. The lowest BCUT2D eigenvalue weighted by atomic mass is 10.1. The zero-order valence-electron chi connectivity index (χ0n) is 15.4. The topological polar surface area (TPSA) is 54.0 Å². The molecule has 1 unspecified atom stereocenters. The second kappa shape index (κ2) is 15.9. The van der Waals surface area contributed by atoms with Crippen LogP contribution >= 0.6 is 0 Å². The van der Waals surface area contributed by atoms with Gasteiger partial charge in [0, 0.05) is 13.0 Å². The van der Waals surface area contributed by atoms with Gasteiger partial charge in [0.15, 0.2) is 6.29 Å². The Hall–Kier alpha value is -0.650. The molecule has 5 nitrogen and oxygen atoms in total. The fourth-order valence-electron chi connectivity index (χ4n) is 2.70. The Morgan fingerprint density at radius 1 is 0.958 bits per heavy atom. The normalized spacial score (nSPS) is 17.8. The van der Waals surface area contributed by atoms with Gasteiger partial charge in [-0.15, -0.1) is 0 Å². The molecule has 0 N–H and O–H groups in total. The van der Waals surface area contributed by atoms with Crippen LogP contribution in [0.25, 0.3) is 0 Å². The Balaban J connectivity index is 1.77. The van der Waals surface area contributed by atoms with E-state index in [0.29, 0.717) is 32.8 Å². The summed E-state index contributed by atoms with van der Waals surface area (Å²) in [6.45, 7) is 4.80. The van der Waals surface area contributed by atoms with Crippen molar-refractivity contribution in [3.63, 3.8) is 0 Å². The summed E-state index contributed by atoms with van der Waals surface area (Å²) in [5, 5.41) is 0. The van der Waals surface area contributed by atoms with Crippen LogP contribution in [0.2, 0.25) is 0 Å². The smallest absolute Gasteiger partial charge is 0.305 e. The van der Waals surface area contributed by atoms with E-state index < -0.39 is 0 Å². The summed E-state index contributed by atoms with van der Waals surface area (Å²) in [6.07, 6.45) is 12.2. The van der Waals surface area contributed by atoms with Crippen molar-refractivity contribution in [3.8, 4) is 0 Å². The second-order valence-electron chi connectivity index (χ2n) is 6.37. The van der Waals surface area contributed by atoms with Gasteiger partial charge in [0.25, 0.3) is 0 Å². The van der Waals surface area contributed by atoms with Crippen molar-refractivity contribution >= 4 is 5.97 Å². The van der Waals surface area contributed by atoms with Gasteiger partial charge in [0.05, 0.1) is 19.8 Å². The molecule has 0 bridgehead atoms. The molecule has 24 heavy (non-hydrogen) atoms. The molecule has 1 aliphatic heterocycles. The van der Waals surface area contributed by atoms with Crippen molar-refractivity contribution in [2.75, 3.05) is 33.0 Å². The predicted molar refractivity (Wildman–Crippen MR) is 93.9 cm³/mol. The van der Waals surface area contributed by atoms with Crippen LogP contribution < -0.4 is 0 Å². The highest BCUT2D eigenvalue weighted by molar-refractivity contribution is 5.69. The molecule has 1 fully saturated rings. The average Bonchev–Trinajstić information content (AvgIpc) is 2.61. The third-order valence-corrected chi connectivity index (χ3v) is 4.14. The highest BCUT2D eigenvalue weighted by atomic mass is 16.7. The quantitative estimate of drug-likeness (QED) is 0.329. The second-order valence-corrected chi connectivity index (χ2v) is 6.37. The maximum Gasteiger partial charge on any atom is 0.305 e. The van der Waals surface area contributed by atoms with Gasteiger partial charge in [-0.3, -0.25) is 4.79 Å². The van der Waals surface area contributed by atoms with Crippen molar-refractivity contribution in [2.24, 2.45) is 0 Å². The van der Waals surface area contributed by atoms with E-state index in [4.69, 9.17) is 18.9 Å². The Labute approximate surface area is 147 Å². The lowest BCUT2D eigenvalue weighted by Crippen LogP contribution is -2.24. The zero-order chi connectivity index (χ0) is 17.3. The van der Waals surface area contributed by atoms with Gasteiger partial charge in [-0.25, -0.2) is 0 Å². The van der Waals surface area contributed by atoms with Crippen LogP contribution in [0.1, 0.15) is 77.6 Å². The highest BCUT2D eigenvalue weighted by Gasteiger charge is 2.13. The van der Waals surface area contributed by atoms with Crippen molar-refractivity contribution in [2.45, 2.75) is 83.8 Å². The van der Waals surface area contributed by atoms with Crippen molar-refractivity contribution in [3.05, 3.63) is 0 Å². The monoisotopic (exact) mass is 344 g/mol. The Kier molecular flexibility index (Phi) is 14.1. The zero-order valence-corrected chi connectivity index (χ0v) is 15.4. The van der Waals surface area contributed by atoms with E-state index in [1.165, 1.54) is 38.5 Å². The standard InChI is InChI=1S/C19H36O5/c1-2-3-4-5-6-7-8-11-18(20)22-16-14-21-15-17-24-19-12-9-10-13-23-19/h19H,2-17H2,1H3. The molecule has 142 valence electrons. The maximum atomic E-state index is 11.6. The van der Waals surface area contributed by atoms with E-state index in [0.717, 1.165) is 32.3 Å². The largest absolute Gasteiger partial charge is 0.463 e. The van der Waals surface area contributed by atoms with Gasteiger partial charge in [-0.2, -0.15) is 0 Å². The van der Waals surface area contributed by atoms with Crippen molar-refractivity contribution < 1.29 is 23.7 Å². The number of carbonyl (C=O) groups is 1. The molecule has 0 amide bonds. The first-order valence-electron chi connectivity index (χ1n) is 9.79. The number of hydrogen-bond acceptors (Lipinski definition) is 5. The summed E-state index contributed by atoms with van der Waals surface area (Å²) in [7, 11) is 0. The summed E-state index contributed by atoms with van der Waals surface area (Å²) in [5.41, 5.74) is 0. The van der Waals surface area contributed by atoms with Gasteiger partial charge in [0.1, 0.15) is 6.61 Å². The van der Waals surface area contributed by atoms with E-state index in [9.17, 15) is 4.79 Å². The number of rotatable bonds is 15. The van der Waals surface area contributed by atoms with Crippen molar-refractivity contribution in [1.82, 2.24) is 0 Å². The first kappa shape index (κ1) is 21.4. The fourth-order valence-corrected chi connectivity index (χ4v) is 2.70. The van der Waals surface area contributed by atoms with E-state index in [2.05, 4.69) is 6.92 Å². The summed E-state index contributed by atoms with van der Waals surface area (Å²) in [4.78, 5) is 11.6. The third-order valence-electron chi connectivity index (χ3n) is 4.14. The lowest BCUT2D eigenvalue weighted by Gasteiger charge is -2.22. The van der Waals surface area contributed by atoms with Gasteiger partial charge in [-0.1, -0.05) is 45.4 Å². The minimum absolute atomic E-state index is 0.0675. The SMILES string of the molecule is CCCCCCCCCC(=O)OCCOCCOC1CCCCO1. The maximum absolute atomic E-state index is 11.6. The van der Waals surface area contributed by atoms with E-state index in [-0.39, 0.29) is 12.3 Å². The summed E-state index contributed by atoms with van der Waals surface area (Å²) < 4.78 is 21.6. The van der Waals surface area contributed by atoms with Gasteiger partial charge < -0.3 is 18.9 Å². The Bertz CT molecular complexity index is 289. The Morgan fingerprint density at radius 3 is 2.46 bits per heavy atom. The summed E-state index contributed by atoms with van der Waals surface area (Å²) in [5.74, 6) is -0.112. The van der Waals surface area contributed by atoms with Crippen LogP contribution in [0.15, 0.2) is 0 Å². The minimum Gasteiger partial charge on any atom is -0.463 e. The molecular weight excluding hydrogens is 308 g/mol. The first-order chi connectivity index (χ1) is 11.8. The number of hydrogen-bond donors (Lipinski definition) is 0. The number of esters is 1. The van der Waals surface area contributed by atoms with Crippen molar-refractivity contribution in [1.29, 1.82) is 0 Å². The Morgan fingerprint density at radius 2 is 1.71 bits per heavy atom. The molecule has 0 aromatic carbocycles. The molecule has 0 spiro atoms. The van der Waals surface area contributed by atoms with Crippen LogP contribution in [0.4, 0.5) is 0 Å². The molecule has 1 aliphatic rings. The first-order valence-corrected chi connectivity index (χ1v) is 9.79. The number of ether oxygens (including phenoxy) is 4. The molecule has 0 radical (unpaired) electrons. The predicted octanol–water partition coefficient (Wildman–Crippen LogP) is 4.23. The van der Waals surface area contributed by atoms with E-state index >= 15 is 0 Å². The molecule has 1 heterocycles. The third kappa shape index (κ3) is 12.7. The van der Waals surface area contributed by atoms with Crippen LogP contribution in [-0.2, 0) is 23.7 Å². The molecule has 0 aromatic heterocycles. The van der Waals surface area contributed by atoms with Crippen LogP contribution in [-0.4, -0.2) is 45.3 Å². The molecule has 1 saturated heterocycles. The van der Waals surface area contributed by atoms with Gasteiger partial charge in [0.2, 0.25) is 0 Å². The lowest BCUT2D eigenvalue weighted by molar-refractivity contribution is -0.169. The highest BCUT2D eigenvalue weighted by Crippen LogP contribution is 2.13. The summed E-state index contributed by atoms with van der Waals surface area (Å²) >= 11 is 0. The molecule has 0 aliphatic carbocycles. The average molecular weight is 344 g/mol. The van der Waals surface area contributed by atoms with E-state index in [1.807, 2.05) is 0 Å². The molecule has 5 heteroatoms.